The molecule has 0 amide bonds. The molecule has 1 aliphatic heterocycles. The van der Waals surface area contributed by atoms with Crippen LogP contribution in [0.5, 0.6) is 0 Å². The van der Waals surface area contributed by atoms with Gasteiger partial charge >= 0.3 is 5.69 Å². The first kappa shape index (κ1) is 14.3. The maximum Gasteiger partial charge on any atom is 0.330 e. The number of aliphatic hydroxyl groups excluding tert-OH is 2. The van der Waals surface area contributed by atoms with E-state index < -0.39 is 41.2 Å². The maximum atomic E-state index is 11.8. The molecule has 1 aliphatic rings. The molecule has 0 aromatic carbocycles. The number of aryl methyl sites for hydroxylation is 1. The summed E-state index contributed by atoms with van der Waals surface area (Å²) in [5.74, 6) is 0. The van der Waals surface area contributed by atoms with Crippen LogP contribution in [0.2, 0.25) is 0 Å². The van der Waals surface area contributed by atoms with E-state index in [0.717, 1.165) is 4.57 Å². The summed E-state index contributed by atoms with van der Waals surface area (Å²) >= 11 is 6.22. The standard InChI is InChI=1S/C11H15ClN2O5/c1-5-3-14(10(18)13-8(5)17)9-11(2,12)7(16)6(4-15)19-9/h3,6-7,9,15-16H,4H2,1-2H3,(H,13,17,18). The number of alkyl halides is 1. The fraction of sp³-hybridized carbons (Fsp3) is 0.636. The van der Waals surface area contributed by atoms with Crippen molar-refractivity contribution in [2.45, 2.75) is 37.2 Å². The van der Waals surface area contributed by atoms with Gasteiger partial charge < -0.3 is 14.9 Å². The van der Waals surface area contributed by atoms with Crippen molar-refractivity contribution in [1.82, 2.24) is 9.55 Å². The zero-order chi connectivity index (χ0) is 14.4. The number of aromatic nitrogens is 2. The second kappa shape index (κ2) is 4.75. The van der Waals surface area contributed by atoms with Crippen LogP contribution in [-0.4, -0.2) is 43.5 Å². The number of rotatable bonds is 2. The Labute approximate surface area is 113 Å². The maximum absolute atomic E-state index is 11.8. The Morgan fingerprint density at radius 1 is 1.58 bits per heavy atom. The zero-order valence-corrected chi connectivity index (χ0v) is 11.2. The van der Waals surface area contributed by atoms with Crippen LogP contribution in [0.4, 0.5) is 0 Å². The molecule has 1 saturated heterocycles. The molecule has 0 aliphatic carbocycles. The van der Waals surface area contributed by atoms with Crippen LogP contribution in [0.1, 0.15) is 18.7 Å². The number of hydrogen-bond acceptors (Lipinski definition) is 5. The number of aromatic amines is 1. The molecule has 4 unspecified atom stereocenters. The van der Waals surface area contributed by atoms with Crippen LogP contribution in [-0.2, 0) is 4.74 Å². The highest BCUT2D eigenvalue weighted by Gasteiger charge is 2.53. The van der Waals surface area contributed by atoms with E-state index in [2.05, 4.69) is 4.98 Å². The van der Waals surface area contributed by atoms with Gasteiger partial charge in [-0.05, 0) is 13.8 Å². The molecule has 0 saturated carbocycles. The van der Waals surface area contributed by atoms with Crippen molar-refractivity contribution in [3.63, 3.8) is 0 Å². The molecule has 2 rings (SSSR count). The summed E-state index contributed by atoms with van der Waals surface area (Å²) in [6, 6.07) is 0. The summed E-state index contributed by atoms with van der Waals surface area (Å²) in [5.41, 5.74) is -0.856. The van der Waals surface area contributed by atoms with Crippen LogP contribution in [0.15, 0.2) is 15.8 Å². The Balaban J connectivity index is 2.51. The lowest BCUT2D eigenvalue weighted by atomic mass is 10.0. The molecule has 2 heterocycles. The number of aliphatic hydroxyl groups is 2. The first-order valence-electron chi connectivity index (χ1n) is 5.74. The predicted octanol–water partition coefficient (Wildman–Crippen LogP) is -0.907. The summed E-state index contributed by atoms with van der Waals surface area (Å²) < 4.78 is 6.52. The highest BCUT2D eigenvalue weighted by atomic mass is 35.5. The van der Waals surface area contributed by atoms with Crippen molar-refractivity contribution in [2.75, 3.05) is 6.61 Å². The van der Waals surface area contributed by atoms with Gasteiger partial charge in [0.25, 0.3) is 5.56 Å². The molecular formula is C11H15ClN2O5. The van der Waals surface area contributed by atoms with E-state index in [-0.39, 0.29) is 0 Å². The molecule has 106 valence electrons. The van der Waals surface area contributed by atoms with E-state index >= 15 is 0 Å². The molecular weight excluding hydrogens is 276 g/mol. The van der Waals surface area contributed by atoms with Gasteiger partial charge in [-0.25, -0.2) is 4.79 Å². The van der Waals surface area contributed by atoms with Crippen LogP contribution in [0.3, 0.4) is 0 Å². The van der Waals surface area contributed by atoms with Crippen molar-refractivity contribution in [2.24, 2.45) is 0 Å². The Hall–Kier alpha value is -1.15. The second-order valence-electron chi connectivity index (χ2n) is 4.78. The summed E-state index contributed by atoms with van der Waals surface area (Å²) in [4.78, 5) is 24.0. The van der Waals surface area contributed by atoms with Gasteiger partial charge in [0.15, 0.2) is 6.23 Å². The molecule has 1 aromatic rings. The zero-order valence-electron chi connectivity index (χ0n) is 10.5. The average molecular weight is 291 g/mol. The summed E-state index contributed by atoms with van der Waals surface area (Å²) in [5, 5.41) is 19.1. The molecule has 1 fully saturated rings. The van der Waals surface area contributed by atoms with E-state index in [0.29, 0.717) is 5.56 Å². The predicted molar refractivity (Wildman–Crippen MR) is 67.3 cm³/mol. The Kier molecular flexibility index (Phi) is 3.57. The van der Waals surface area contributed by atoms with E-state index in [9.17, 15) is 14.7 Å². The van der Waals surface area contributed by atoms with Crippen molar-refractivity contribution < 1.29 is 14.9 Å². The number of ether oxygens (including phenoxy) is 1. The number of nitrogens with zero attached hydrogens (tertiary/aromatic N) is 1. The number of hydrogen-bond donors (Lipinski definition) is 3. The Morgan fingerprint density at radius 3 is 2.74 bits per heavy atom. The van der Waals surface area contributed by atoms with Crippen molar-refractivity contribution in [3.05, 3.63) is 32.6 Å². The van der Waals surface area contributed by atoms with Crippen molar-refractivity contribution in [1.29, 1.82) is 0 Å². The van der Waals surface area contributed by atoms with Gasteiger partial charge in [0.2, 0.25) is 0 Å². The van der Waals surface area contributed by atoms with E-state index in [1.165, 1.54) is 20.0 Å². The highest BCUT2D eigenvalue weighted by Crippen LogP contribution is 2.42. The topological polar surface area (TPSA) is 105 Å². The van der Waals surface area contributed by atoms with Gasteiger partial charge in [-0.2, -0.15) is 0 Å². The molecule has 3 N–H and O–H groups in total. The molecule has 0 radical (unpaired) electrons. The molecule has 1 aromatic heterocycles. The first-order valence-corrected chi connectivity index (χ1v) is 6.12. The molecule has 19 heavy (non-hydrogen) atoms. The van der Waals surface area contributed by atoms with Crippen LogP contribution in [0.25, 0.3) is 0 Å². The van der Waals surface area contributed by atoms with Crippen molar-refractivity contribution in [3.8, 4) is 0 Å². The molecule has 4 atom stereocenters. The van der Waals surface area contributed by atoms with Crippen molar-refractivity contribution >= 4 is 11.6 Å². The third kappa shape index (κ3) is 2.23. The largest absolute Gasteiger partial charge is 0.394 e. The lowest BCUT2D eigenvalue weighted by Gasteiger charge is -2.26. The monoisotopic (exact) mass is 290 g/mol. The van der Waals surface area contributed by atoms with Gasteiger partial charge in [-0.3, -0.25) is 14.3 Å². The van der Waals surface area contributed by atoms with E-state index in [1.807, 2.05) is 0 Å². The minimum Gasteiger partial charge on any atom is -0.394 e. The average Bonchev–Trinajstić information content (AvgIpc) is 2.56. The number of nitrogens with one attached hydrogen (secondary N) is 1. The fourth-order valence-electron chi connectivity index (χ4n) is 2.12. The lowest BCUT2D eigenvalue weighted by molar-refractivity contribution is -0.0470. The third-order valence-corrected chi connectivity index (χ3v) is 3.71. The summed E-state index contributed by atoms with van der Waals surface area (Å²) in [6.45, 7) is 2.62. The van der Waals surface area contributed by atoms with Crippen LogP contribution < -0.4 is 11.2 Å². The van der Waals surface area contributed by atoms with Gasteiger partial charge in [0, 0.05) is 11.8 Å². The minimum atomic E-state index is -1.29. The molecule has 0 spiro atoms. The third-order valence-electron chi connectivity index (χ3n) is 3.30. The molecule has 7 nitrogen and oxygen atoms in total. The molecule has 8 heteroatoms. The smallest absolute Gasteiger partial charge is 0.330 e. The second-order valence-corrected chi connectivity index (χ2v) is 5.60. The quantitative estimate of drug-likeness (QED) is 0.612. The van der Waals surface area contributed by atoms with Crippen LogP contribution in [0, 0.1) is 6.92 Å². The highest BCUT2D eigenvalue weighted by molar-refractivity contribution is 6.24. The van der Waals surface area contributed by atoms with Gasteiger partial charge in [0.1, 0.15) is 17.1 Å². The Morgan fingerprint density at radius 2 is 2.21 bits per heavy atom. The van der Waals surface area contributed by atoms with E-state index in [4.69, 9.17) is 21.4 Å². The summed E-state index contributed by atoms with van der Waals surface area (Å²) in [7, 11) is 0. The van der Waals surface area contributed by atoms with Gasteiger partial charge in [-0.1, -0.05) is 0 Å². The SMILES string of the molecule is Cc1cn(C2OC(CO)C(O)C2(C)Cl)c(=O)[nH]c1=O. The summed E-state index contributed by atoms with van der Waals surface area (Å²) in [6.07, 6.45) is -1.68. The van der Waals surface area contributed by atoms with Crippen LogP contribution >= 0.6 is 11.6 Å². The Bertz CT molecular complexity index is 593. The van der Waals surface area contributed by atoms with Gasteiger partial charge in [-0.15, -0.1) is 11.6 Å². The normalized spacial score (nSPS) is 34.7. The lowest BCUT2D eigenvalue weighted by Crippen LogP contribution is -2.43. The number of halogens is 1. The van der Waals surface area contributed by atoms with Gasteiger partial charge in [0.05, 0.1) is 6.61 Å². The fourth-order valence-corrected chi connectivity index (χ4v) is 2.42. The molecule has 0 bridgehead atoms. The first-order chi connectivity index (χ1) is 8.78. The van der Waals surface area contributed by atoms with E-state index in [1.54, 1.807) is 0 Å². The minimum absolute atomic E-state index is 0.317. The number of H-pyrrole nitrogens is 1.